The Bertz CT molecular complexity index is 729. The summed E-state index contributed by atoms with van der Waals surface area (Å²) < 4.78 is 39.6. The second-order valence-electron chi connectivity index (χ2n) is 5.02. The molecular weight excluding hydrogens is 305 g/mol. The van der Waals surface area contributed by atoms with E-state index in [1.807, 2.05) is 0 Å². The number of aryl methyl sites for hydroxylation is 1. The molecule has 0 spiro atoms. The number of sulfonamides is 1. The van der Waals surface area contributed by atoms with E-state index in [1.165, 1.54) is 30.3 Å². The first-order chi connectivity index (χ1) is 10.4. The molecular formula is C16H18FNO3S. The molecule has 4 nitrogen and oxygen atoms in total. The normalized spacial score (nSPS) is 13.0. The topological polar surface area (TPSA) is 66.4 Å². The molecule has 0 saturated carbocycles. The fourth-order valence-corrected chi connectivity index (χ4v) is 3.41. The zero-order valence-corrected chi connectivity index (χ0v) is 13.0. The second kappa shape index (κ2) is 7.00. The van der Waals surface area contributed by atoms with E-state index in [1.54, 1.807) is 25.1 Å². The van der Waals surface area contributed by atoms with Gasteiger partial charge in [0.05, 0.1) is 11.0 Å². The Morgan fingerprint density at radius 1 is 1.14 bits per heavy atom. The molecule has 0 heterocycles. The Balaban J connectivity index is 1.95. The maximum Gasteiger partial charge on any atom is 0.240 e. The van der Waals surface area contributed by atoms with Crippen LogP contribution < -0.4 is 4.72 Å². The minimum Gasteiger partial charge on any atom is -0.388 e. The van der Waals surface area contributed by atoms with Crippen LogP contribution in [-0.4, -0.2) is 20.1 Å². The highest BCUT2D eigenvalue weighted by Crippen LogP contribution is 2.18. The summed E-state index contributed by atoms with van der Waals surface area (Å²) in [4.78, 5) is 0.228. The number of benzene rings is 2. The summed E-state index contributed by atoms with van der Waals surface area (Å²) in [6.45, 7) is 1.82. The van der Waals surface area contributed by atoms with Gasteiger partial charge in [0.2, 0.25) is 10.0 Å². The highest BCUT2D eigenvalue weighted by molar-refractivity contribution is 7.89. The van der Waals surface area contributed by atoms with E-state index in [0.29, 0.717) is 11.1 Å². The third-order valence-corrected chi connectivity index (χ3v) is 4.97. The van der Waals surface area contributed by atoms with E-state index in [4.69, 9.17) is 0 Å². The molecule has 22 heavy (non-hydrogen) atoms. The SMILES string of the molecule is Cc1ccccc1S(=O)(=O)NCCC(O)c1ccc(F)cc1. The summed E-state index contributed by atoms with van der Waals surface area (Å²) in [5.74, 6) is -0.379. The summed E-state index contributed by atoms with van der Waals surface area (Å²) in [7, 11) is -3.60. The highest BCUT2D eigenvalue weighted by Gasteiger charge is 2.16. The van der Waals surface area contributed by atoms with Crippen molar-refractivity contribution in [2.75, 3.05) is 6.54 Å². The molecule has 0 aliphatic carbocycles. The van der Waals surface area contributed by atoms with Crippen LogP contribution in [0.5, 0.6) is 0 Å². The van der Waals surface area contributed by atoms with Crippen molar-refractivity contribution in [2.45, 2.75) is 24.3 Å². The van der Waals surface area contributed by atoms with Gasteiger partial charge in [-0.25, -0.2) is 17.5 Å². The lowest BCUT2D eigenvalue weighted by molar-refractivity contribution is 0.169. The molecule has 0 amide bonds. The van der Waals surface area contributed by atoms with Gasteiger partial charge in [-0.3, -0.25) is 0 Å². The van der Waals surface area contributed by atoms with Gasteiger partial charge in [-0.15, -0.1) is 0 Å². The van der Waals surface area contributed by atoms with Crippen LogP contribution >= 0.6 is 0 Å². The van der Waals surface area contributed by atoms with Crippen molar-refractivity contribution in [3.8, 4) is 0 Å². The van der Waals surface area contributed by atoms with Crippen LogP contribution in [0, 0.1) is 12.7 Å². The van der Waals surface area contributed by atoms with Crippen LogP contribution in [0.2, 0.25) is 0 Å². The molecule has 1 unspecified atom stereocenters. The lowest BCUT2D eigenvalue weighted by atomic mass is 10.1. The lowest BCUT2D eigenvalue weighted by Crippen LogP contribution is -2.26. The van der Waals surface area contributed by atoms with Crippen LogP contribution in [0.15, 0.2) is 53.4 Å². The quantitative estimate of drug-likeness (QED) is 0.858. The Hall–Kier alpha value is -1.76. The Morgan fingerprint density at radius 2 is 1.77 bits per heavy atom. The zero-order chi connectivity index (χ0) is 16.2. The van der Waals surface area contributed by atoms with Crippen LogP contribution in [-0.2, 0) is 10.0 Å². The summed E-state index contributed by atoms with van der Waals surface area (Å²) >= 11 is 0. The van der Waals surface area contributed by atoms with Crippen molar-refractivity contribution in [1.82, 2.24) is 4.72 Å². The molecule has 0 radical (unpaired) electrons. The van der Waals surface area contributed by atoms with Crippen LogP contribution in [0.1, 0.15) is 23.7 Å². The molecule has 0 aliphatic heterocycles. The Labute approximate surface area is 129 Å². The number of aliphatic hydroxyl groups is 1. The summed E-state index contributed by atoms with van der Waals surface area (Å²) in [5, 5.41) is 9.98. The monoisotopic (exact) mass is 323 g/mol. The molecule has 0 saturated heterocycles. The predicted octanol–water partition coefficient (Wildman–Crippen LogP) is 2.54. The second-order valence-corrected chi connectivity index (χ2v) is 6.75. The number of aliphatic hydroxyl groups excluding tert-OH is 1. The number of rotatable bonds is 6. The summed E-state index contributed by atoms with van der Waals surface area (Å²) in [5.41, 5.74) is 1.21. The Kier molecular flexibility index (Phi) is 5.28. The minimum absolute atomic E-state index is 0.0925. The molecule has 0 aromatic heterocycles. The standard InChI is InChI=1S/C16H18FNO3S/c1-12-4-2-3-5-16(12)22(20,21)18-11-10-15(19)13-6-8-14(17)9-7-13/h2-9,15,18-19H,10-11H2,1H3. The first-order valence-corrected chi connectivity index (χ1v) is 8.37. The van der Waals surface area contributed by atoms with Crippen LogP contribution in [0.3, 0.4) is 0 Å². The van der Waals surface area contributed by atoms with E-state index in [2.05, 4.69) is 4.72 Å². The highest BCUT2D eigenvalue weighted by atomic mass is 32.2. The van der Waals surface area contributed by atoms with E-state index in [0.717, 1.165) is 0 Å². The van der Waals surface area contributed by atoms with Crippen molar-refractivity contribution in [3.05, 3.63) is 65.5 Å². The first-order valence-electron chi connectivity index (χ1n) is 6.89. The van der Waals surface area contributed by atoms with E-state index in [-0.39, 0.29) is 23.7 Å². The van der Waals surface area contributed by atoms with Gasteiger partial charge in [0.1, 0.15) is 5.82 Å². The molecule has 2 aromatic carbocycles. The molecule has 0 bridgehead atoms. The maximum absolute atomic E-state index is 12.8. The van der Waals surface area contributed by atoms with Crippen molar-refractivity contribution < 1.29 is 17.9 Å². The van der Waals surface area contributed by atoms with Gasteiger partial charge < -0.3 is 5.11 Å². The van der Waals surface area contributed by atoms with Gasteiger partial charge in [-0.05, 0) is 42.7 Å². The molecule has 0 aliphatic rings. The number of hydrogen-bond donors (Lipinski definition) is 2. The van der Waals surface area contributed by atoms with E-state index in [9.17, 15) is 17.9 Å². The van der Waals surface area contributed by atoms with Gasteiger partial charge >= 0.3 is 0 Å². The third kappa shape index (κ3) is 4.13. The summed E-state index contributed by atoms with van der Waals surface area (Å²) in [6.07, 6.45) is -0.642. The predicted molar refractivity (Wildman–Crippen MR) is 82.3 cm³/mol. The van der Waals surface area contributed by atoms with Crippen molar-refractivity contribution in [2.24, 2.45) is 0 Å². The molecule has 2 N–H and O–H groups in total. The van der Waals surface area contributed by atoms with Crippen molar-refractivity contribution >= 4 is 10.0 Å². The molecule has 2 rings (SSSR count). The van der Waals surface area contributed by atoms with Gasteiger partial charge in [-0.2, -0.15) is 0 Å². The zero-order valence-electron chi connectivity index (χ0n) is 12.2. The molecule has 2 aromatic rings. The average Bonchev–Trinajstić information content (AvgIpc) is 2.48. The van der Waals surface area contributed by atoms with Crippen LogP contribution in [0.4, 0.5) is 4.39 Å². The largest absolute Gasteiger partial charge is 0.388 e. The molecule has 1 atom stereocenters. The molecule has 0 fully saturated rings. The van der Waals surface area contributed by atoms with Gasteiger partial charge in [0.25, 0.3) is 0 Å². The average molecular weight is 323 g/mol. The maximum atomic E-state index is 12.8. The Morgan fingerprint density at radius 3 is 2.41 bits per heavy atom. The van der Waals surface area contributed by atoms with Crippen LogP contribution in [0.25, 0.3) is 0 Å². The third-order valence-electron chi connectivity index (χ3n) is 3.35. The molecule has 118 valence electrons. The number of nitrogens with one attached hydrogen (secondary N) is 1. The smallest absolute Gasteiger partial charge is 0.240 e. The summed E-state index contributed by atoms with van der Waals surface area (Å²) in [6, 6.07) is 12.2. The van der Waals surface area contributed by atoms with Crippen molar-refractivity contribution in [3.63, 3.8) is 0 Å². The van der Waals surface area contributed by atoms with E-state index < -0.39 is 16.1 Å². The minimum atomic E-state index is -3.60. The lowest BCUT2D eigenvalue weighted by Gasteiger charge is -2.13. The van der Waals surface area contributed by atoms with Gasteiger partial charge in [0.15, 0.2) is 0 Å². The number of hydrogen-bond acceptors (Lipinski definition) is 3. The van der Waals surface area contributed by atoms with Crippen molar-refractivity contribution in [1.29, 1.82) is 0 Å². The number of halogens is 1. The van der Waals surface area contributed by atoms with Gasteiger partial charge in [0, 0.05) is 6.54 Å². The first kappa shape index (κ1) is 16.6. The van der Waals surface area contributed by atoms with Gasteiger partial charge in [-0.1, -0.05) is 30.3 Å². The molecule has 6 heteroatoms. The fraction of sp³-hybridized carbons (Fsp3) is 0.250. The van der Waals surface area contributed by atoms with E-state index >= 15 is 0 Å². The fourth-order valence-electron chi connectivity index (χ4n) is 2.12.